The summed E-state index contributed by atoms with van der Waals surface area (Å²) in [6.07, 6.45) is 5.36. The lowest BCUT2D eigenvalue weighted by molar-refractivity contribution is 0.274. The monoisotopic (exact) mass is 329 g/mol. The summed E-state index contributed by atoms with van der Waals surface area (Å²) in [5.74, 6) is 0.331. The Hall–Kier alpha value is -3.03. The molecule has 0 amide bonds. The van der Waals surface area contributed by atoms with Crippen LogP contribution < -0.4 is 9.47 Å². The number of aryl methyl sites for hydroxylation is 1. The average Bonchev–Trinajstić information content (AvgIpc) is 3.10. The average molecular weight is 329 g/mol. The summed E-state index contributed by atoms with van der Waals surface area (Å²) in [4.78, 5) is 8.01. The van der Waals surface area contributed by atoms with Gasteiger partial charge in [-0.25, -0.2) is 9.07 Å². The Morgan fingerprint density at radius 3 is 2.71 bits per heavy atom. The van der Waals surface area contributed by atoms with Crippen LogP contribution in [0.4, 0.5) is 4.39 Å². The van der Waals surface area contributed by atoms with Crippen LogP contribution >= 0.6 is 0 Å². The molecule has 0 fully saturated rings. The van der Waals surface area contributed by atoms with Gasteiger partial charge in [0.1, 0.15) is 18.1 Å². The molecular weight excluding hydrogens is 313 g/mol. The van der Waals surface area contributed by atoms with Gasteiger partial charge in [-0.05, 0) is 30.2 Å². The van der Waals surface area contributed by atoms with Gasteiger partial charge in [-0.2, -0.15) is 9.97 Å². The predicted octanol–water partition coefficient (Wildman–Crippen LogP) is 2.35. The van der Waals surface area contributed by atoms with Crippen molar-refractivity contribution < 1.29 is 13.9 Å². The van der Waals surface area contributed by atoms with Crippen molar-refractivity contribution in [2.45, 2.75) is 20.0 Å². The molecule has 7 nitrogen and oxygen atoms in total. The van der Waals surface area contributed by atoms with Crippen LogP contribution in [0.2, 0.25) is 0 Å². The minimum absolute atomic E-state index is 0.175. The van der Waals surface area contributed by atoms with Crippen molar-refractivity contribution in [3.8, 4) is 17.4 Å². The van der Waals surface area contributed by atoms with Gasteiger partial charge < -0.3 is 9.47 Å². The second-order valence-electron chi connectivity index (χ2n) is 4.98. The van der Waals surface area contributed by atoms with Gasteiger partial charge in [-0.15, -0.1) is 5.10 Å². The van der Waals surface area contributed by atoms with Crippen molar-refractivity contribution in [1.29, 1.82) is 0 Å². The van der Waals surface area contributed by atoms with Crippen LogP contribution in [0.5, 0.6) is 11.8 Å². The second kappa shape index (κ2) is 7.03. The summed E-state index contributed by atoms with van der Waals surface area (Å²) >= 11 is 0. The van der Waals surface area contributed by atoms with Gasteiger partial charge in [0, 0.05) is 0 Å². The molecule has 1 aromatic carbocycles. The summed E-state index contributed by atoms with van der Waals surface area (Å²) in [5.41, 5.74) is 1.98. The van der Waals surface area contributed by atoms with E-state index in [0.29, 0.717) is 23.4 Å². The van der Waals surface area contributed by atoms with Gasteiger partial charge in [0.25, 0.3) is 0 Å². The van der Waals surface area contributed by atoms with Crippen LogP contribution in [-0.2, 0) is 13.0 Å². The third-order valence-electron chi connectivity index (χ3n) is 3.40. The van der Waals surface area contributed by atoms with E-state index in [4.69, 9.17) is 9.47 Å². The Kier molecular flexibility index (Phi) is 4.64. The molecule has 24 heavy (non-hydrogen) atoms. The molecule has 0 bridgehead atoms. The zero-order valence-corrected chi connectivity index (χ0v) is 13.3. The molecule has 0 radical (unpaired) electrons. The third-order valence-corrected chi connectivity index (χ3v) is 3.40. The molecule has 0 aliphatic rings. The molecule has 0 saturated carbocycles. The molecule has 0 aliphatic carbocycles. The molecule has 124 valence electrons. The second-order valence-corrected chi connectivity index (χ2v) is 4.98. The molecule has 3 rings (SSSR count). The van der Waals surface area contributed by atoms with E-state index in [2.05, 4.69) is 20.3 Å². The number of methoxy groups -OCH3 is 1. The van der Waals surface area contributed by atoms with E-state index in [1.807, 2.05) is 6.92 Å². The highest BCUT2D eigenvalue weighted by molar-refractivity contribution is 5.36. The fraction of sp³-hybridized carbons (Fsp3) is 0.250. The van der Waals surface area contributed by atoms with E-state index in [1.165, 1.54) is 25.6 Å². The highest BCUT2D eigenvalue weighted by Gasteiger charge is 2.08. The first kappa shape index (κ1) is 15.9. The van der Waals surface area contributed by atoms with Gasteiger partial charge in [0.2, 0.25) is 0 Å². The number of benzene rings is 1. The van der Waals surface area contributed by atoms with Crippen molar-refractivity contribution in [3.05, 3.63) is 53.9 Å². The lowest BCUT2D eigenvalue weighted by atomic mass is 10.1. The number of aromatic nitrogens is 5. The number of halogens is 1. The molecule has 2 heterocycles. The van der Waals surface area contributed by atoms with Crippen LogP contribution in [0, 0.1) is 5.82 Å². The Morgan fingerprint density at radius 1 is 1.21 bits per heavy atom. The zero-order chi connectivity index (χ0) is 16.9. The first-order valence-electron chi connectivity index (χ1n) is 7.38. The minimum atomic E-state index is -0.221. The molecule has 0 aliphatic heterocycles. The molecule has 0 saturated heterocycles. The van der Waals surface area contributed by atoms with Crippen LogP contribution in [0.1, 0.15) is 18.2 Å². The summed E-state index contributed by atoms with van der Waals surface area (Å²) in [5, 5.41) is 8.07. The number of hydrogen-bond donors (Lipinski definition) is 0. The Balaban J connectivity index is 1.68. The first-order valence-corrected chi connectivity index (χ1v) is 7.38. The molecule has 3 aromatic rings. The van der Waals surface area contributed by atoms with Gasteiger partial charge in [-0.1, -0.05) is 12.1 Å². The van der Waals surface area contributed by atoms with Gasteiger partial charge in [0.15, 0.2) is 5.75 Å². The highest BCUT2D eigenvalue weighted by atomic mass is 19.1. The number of rotatable bonds is 6. The largest absolute Gasteiger partial charge is 0.494 e. The van der Waals surface area contributed by atoms with Crippen molar-refractivity contribution in [2.75, 3.05) is 7.11 Å². The summed E-state index contributed by atoms with van der Waals surface area (Å²) < 4.78 is 25.6. The smallest absolute Gasteiger partial charge is 0.316 e. The molecule has 0 spiro atoms. The fourth-order valence-electron chi connectivity index (χ4n) is 2.09. The lowest BCUT2D eigenvalue weighted by Gasteiger charge is -2.04. The minimum Gasteiger partial charge on any atom is -0.494 e. The van der Waals surface area contributed by atoms with Gasteiger partial charge in [0.05, 0.1) is 31.4 Å². The van der Waals surface area contributed by atoms with E-state index >= 15 is 0 Å². The molecule has 0 N–H and O–H groups in total. The Labute approximate surface area is 138 Å². The molecular formula is C16H16FN5O2. The number of nitrogens with zero attached hydrogens (tertiary/aromatic N) is 5. The maximum atomic E-state index is 13.6. The topological polar surface area (TPSA) is 75.0 Å². The highest BCUT2D eigenvalue weighted by Crippen LogP contribution is 2.15. The fourth-order valence-corrected chi connectivity index (χ4v) is 2.09. The Morgan fingerprint density at radius 2 is 2.00 bits per heavy atom. The predicted molar refractivity (Wildman–Crippen MR) is 83.6 cm³/mol. The van der Waals surface area contributed by atoms with Gasteiger partial charge >= 0.3 is 6.01 Å². The summed E-state index contributed by atoms with van der Waals surface area (Å²) in [7, 11) is 1.54. The van der Waals surface area contributed by atoms with E-state index in [9.17, 15) is 4.39 Å². The zero-order valence-electron chi connectivity index (χ0n) is 13.3. The number of ether oxygens (including phenoxy) is 2. The maximum Gasteiger partial charge on any atom is 0.316 e. The van der Waals surface area contributed by atoms with Crippen LogP contribution in [0.15, 0.2) is 36.8 Å². The van der Waals surface area contributed by atoms with Crippen molar-refractivity contribution >= 4 is 0 Å². The van der Waals surface area contributed by atoms with Gasteiger partial charge in [-0.3, -0.25) is 0 Å². The van der Waals surface area contributed by atoms with Crippen molar-refractivity contribution in [3.63, 3.8) is 0 Å². The summed E-state index contributed by atoms with van der Waals surface area (Å²) in [6.45, 7) is 2.08. The molecule has 8 heteroatoms. The SMILES string of the molecule is CCc1cc(-n2cc(COc3ncc(OC)cn3)nn2)ccc1F. The van der Waals surface area contributed by atoms with Crippen LogP contribution in [0.3, 0.4) is 0 Å². The van der Waals surface area contributed by atoms with Crippen LogP contribution in [-0.4, -0.2) is 32.1 Å². The van der Waals surface area contributed by atoms with Crippen LogP contribution in [0.25, 0.3) is 5.69 Å². The standard InChI is InChI=1S/C16H16FN5O2/c1-3-11-6-13(4-5-15(11)17)22-9-12(20-21-22)10-24-16-18-7-14(23-2)8-19-16/h4-9H,3,10H2,1-2H3. The third kappa shape index (κ3) is 3.48. The summed E-state index contributed by atoms with van der Waals surface area (Å²) in [6, 6.07) is 5.05. The first-order chi connectivity index (χ1) is 11.7. The molecule has 0 atom stereocenters. The lowest BCUT2D eigenvalue weighted by Crippen LogP contribution is -2.00. The van der Waals surface area contributed by atoms with E-state index in [-0.39, 0.29) is 18.4 Å². The van der Waals surface area contributed by atoms with E-state index < -0.39 is 0 Å². The maximum absolute atomic E-state index is 13.6. The van der Waals surface area contributed by atoms with Crippen molar-refractivity contribution in [1.82, 2.24) is 25.0 Å². The van der Waals surface area contributed by atoms with E-state index in [0.717, 1.165) is 5.69 Å². The molecule has 0 unspecified atom stereocenters. The normalized spacial score (nSPS) is 10.6. The quantitative estimate of drug-likeness (QED) is 0.691. The molecule has 2 aromatic heterocycles. The number of hydrogen-bond acceptors (Lipinski definition) is 6. The van der Waals surface area contributed by atoms with Crippen molar-refractivity contribution in [2.24, 2.45) is 0 Å². The Bertz CT molecular complexity index is 820. The van der Waals surface area contributed by atoms with E-state index in [1.54, 1.807) is 23.0 Å².